The quantitative estimate of drug-likeness (QED) is 0.758. The number of hydrogen-bond donors (Lipinski definition) is 1. The fraction of sp³-hybridized carbons (Fsp3) is 0.429. The van der Waals surface area contributed by atoms with Crippen molar-refractivity contribution in [2.24, 2.45) is 0 Å². The molecule has 1 heterocycles. The monoisotopic (exact) mass is 355 g/mol. The first kappa shape index (κ1) is 17.9. The molecule has 132 valence electrons. The number of hydrogen-bond acceptors (Lipinski definition) is 3. The van der Waals surface area contributed by atoms with E-state index >= 15 is 0 Å². The molecule has 3 nitrogen and oxygen atoms in total. The minimum Gasteiger partial charge on any atom is -0.350 e. The van der Waals surface area contributed by atoms with Gasteiger partial charge in [-0.3, -0.25) is 9.59 Å². The molecule has 1 aromatic heterocycles. The number of Topliss-reactive ketones (excluding diaryl/α,β-unsaturated/α-hetero) is 1. The molecular weight excluding hydrogens is 330 g/mol. The number of benzene rings is 1. The highest BCUT2D eigenvalue weighted by atomic mass is 32.1. The Balaban J connectivity index is 1.53. The van der Waals surface area contributed by atoms with Crippen LogP contribution in [-0.4, -0.2) is 11.7 Å². The lowest BCUT2D eigenvalue weighted by Crippen LogP contribution is -2.27. The number of carbonyl (C=O) groups is 2. The summed E-state index contributed by atoms with van der Waals surface area (Å²) >= 11 is 1.49. The lowest BCUT2D eigenvalue weighted by atomic mass is 9.89. The third kappa shape index (κ3) is 4.57. The average Bonchev–Trinajstić information content (AvgIpc) is 3.05. The van der Waals surface area contributed by atoms with Crippen molar-refractivity contribution in [3.8, 4) is 0 Å². The van der Waals surface area contributed by atoms with Crippen LogP contribution in [0.3, 0.4) is 0 Å². The first-order valence-corrected chi connectivity index (χ1v) is 9.85. The van der Waals surface area contributed by atoms with Crippen LogP contribution in [0.25, 0.3) is 0 Å². The molecule has 1 N–H and O–H groups in total. The number of ketones is 1. The lowest BCUT2D eigenvalue weighted by molar-refractivity contribution is -0.121. The van der Waals surface area contributed by atoms with Gasteiger partial charge in [0.05, 0.1) is 10.9 Å². The molecule has 0 fully saturated rings. The van der Waals surface area contributed by atoms with E-state index in [1.807, 2.05) is 26.0 Å². The molecular formula is C21H25NO2S. The highest BCUT2D eigenvalue weighted by molar-refractivity contribution is 7.14. The van der Waals surface area contributed by atoms with Crippen molar-refractivity contribution in [3.05, 3.63) is 56.8 Å². The van der Waals surface area contributed by atoms with Gasteiger partial charge < -0.3 is 5.32 Å². The van der Waals surface area contributed by atoms with Gasteiger partial charge in [-0.15, -0.1) is 11.3 Å². The van der Waals surface area contributed by atoms with Crippen molar-refractivity contribution >= 4 is 23.0 Å². The van der Waals surface area contributed by atoms with Crippen LogP contribution in [0.1, 0.15) is 69.9 Å². The van der Waals surface area contributed by atoms with Gasteiger partial charge >= 0.3 is 0 Å². The van der Waals surface area contributed by atoms with Gasteiger partial charge in [0.1, 0.15) is 0 Å². The average molecular weight is 356 g/mol. The number of thiophene rings is 1. The van der Waals surface area contributed by atoms with Crippen LogP contribution in [0, 0.1) is 6.92 Å². The summed E-state index contributed by atoms with van der Waals surface area (Å²) in [5, 5.41) is 3.03. The molecule has 0 unspecified atom stereocenters. The van der Waals surface area contributed by atoms with Crippen LogP contribution < -0.4 is 5.32 Å². The first-order valence-electron chi connectivity index (χ1n) is 9.03. The van der Waals surface area contributed by atoms with Gasteiger partial charge in [-0.1, -0.05) is 18.2 Å². The Morgan fingerprint density at radius 1 is 1.08 bits per heavy atom. The Bertz CT molecular complexity index is 778. The number of carbonyl (C=O) groups excluding carboxylic acids is 2. The maximum Gasteiger partial charge on any atom is 0.220 e. The van der Waals surface area contributed by atoms with E-state index in [-0.39, 0.29) is 30.6 Å². The molecule has 4 heteroatoms. The van der Waals surface area contributed by atoms with Crippen LogP contribution in [0.4, 0.5) is 0 Å². The molecule has 0 aliphatic heterocycles. The van der Waals surface area contributed by atoms with E-state index in [2.05, 4.69) is 23.5 Å². The van der Waals surface area contributed by atoms with Gasteiger partial charge in [0.15, 0.2) is 5.78 Å². The molecule has 1 aliphatic rings. The van der Waals surface area contributed by atoms with Gasteiger partial charge in [0, 0.05) is 17.7 Å². The highest BCUT2D eigenvalue weighted by Crippen LogP contribution is 2.25. The smallest absolute Gasteiger partial charge is 0.220 e. The normalized spacial score (nSPS) is 14.6. The second kappa shape index (κ2) is 7.96. The molecule has 0 saturated heterocycles. The predicted molar refractivity (Wildman–Crippen MR) is 102 cm³/mol. The molecule has 1 atom stereocenters. The van der Waals surface area contributed by atoms with E-state index in [1.54, 1.807) is 0 Å². The molecule has 1 aliphatic carbocycles. The predicted octanol–water partition coefficient (Wildman–Crippen LogP) is 4.78. The standard InChI is InChI=1S/C21H25NO2S/c1-14-7-11-20(25-14)19(23)10-12-21(24)22-15(2)17-9-8-16-5-3-4-6-18(16)13-17/h7-9,11,13,15H,3-6,10,12H2,1-2H3,(H,22,24)/t15-/m0/s1. The Hall–Kier alpha value is -1.94. The Morgan fingerprint density at radius 3 is 2.56 bits per heavy atom. The van der Waals surface area contributed by atoms with Gasteiger partial charge in [0.2, 0.25) is 5.91 Å². The minimum absolute atomic E-state index is 0.0289. The minimum atomic E-state index is -0.0631. The number of fused-ring (bicyclic) bond motifs is 1. The lowest BCUT2D eigenvalue weighted by Gasteiger charge is -2.20. The molecule has 0 spiro atoms. The van der Waals surface area contributed by atoms with E-state index in [9.17, 15) is 9.59 Å². The maximum atomic E-state index is 12.2. The summed E-state index contributed by atoms with van der Waals surface area (Å²) in [6.45, 7) is 3.99. The molecule has 0 saturated carbocycles. The molecule has 1 amide bonds. The third-order valence-corrected chi connectivity index (χ3v) is 5.89. The largest absolute Gasteiger partial charge is 0.350 e. The van der Waals surface area contributed by atoms with Crippen molar-refractivity contribution in [3.63, 3.8) is 0 Å². The molecule has 2 aromatic rings. The van der Waals surface area contributed by atoms with Crippen LogP contribution in [0.5, 0.6) is 0 Å². The second-order valence-corrected chi connectivity index (χ2v) is 8.15. The van der Waals surface area contributed by atoms with E-state index in [0.29, 0.717) is 0 Å². The number of amides is 1. The fourth-order valence-corrected chi connectivity index (χ4v) is 4.19. The van der Waals surface area contributed by atoms with Crippen molar-refractivity contribution in [1.82, 2.24) is 5.32 Å². The first-order chi connectivity index (χ1) is 12.0. The maximum absolute atomic E-state index is 12.2. The Morgan fingerprint density at radius 2 is 1.84 bits per heavy atom. The van der Waals surface area contributed by atoms with Crippen molar-refractivity contribution < 1.29 is 9.59 Å². The molecule has 0 radical (unpaired) electrons. The summed E-state index contributed by atoms with van der Waals surface area (Å²) in [6.07, 6.45) is 5.34. The Kier molecular flexibility index (Phi) is 5.69. The van der Waals surface area contributed by atoms with Crippen molar-refractivity contribution in [2.75, 3.05) is 0 Å². The van der Waals surface area contributed by atoms with Gasteiger partial charge in [0.25, 0.3) is 0 Å². The van der Waals surface area contributed by atoms with Crippen LogP contribution in [0.2, 0.25) is 0 Å². The third-order valence-electron chi connectivity index (χ3n) is 4.84. The highest BCUT2D eigenvalue weighted by Gasteiger charge is 2.15. The van der Waals surface area contributed by atoms with Gasteiger partial charge in [-0.2, -0.15) is 0 Å². The summed E-state index contributed by atoms with van der Waals surface area (Å²) < 4.78 is 0. The zero-order chi connectivity index (χ0) is 17.8. The Labute approximate surface area is 153 Å². The summed E-state index contributed by atoms with van der Waals surface area (Å²) in [5.74, 6) is -0.0125. The number of nitrogens with one attached hydrogen (secondary N) is 1. The SMILES string of the molecule is Cc1ccc(C(=O)CCC(=O)N[C@@H](C)c2ccc3c(c2)CCCC3)s1. The van der Waals surface area contributed by atoms with Crippen molar-refractivity contribution in [1.29, 1.82) is 0 Å². The number of rotatable bonds is 6. The van der Waals surface area contributed by atoms with E-state index in [1.165, 1.54) is 41.7 Å². The zero-order valence-electron chi connectivity index (χ0n) is 14.9. The number of aryl methyl sites for hydroxylation is 3. The fourth-order valence-electron chi connectivity index (χ4n) is 3.35. The van der Waals surface area contributed by atoms with Gasteiger partial charge in [-0.05, 0) is 68.4 Å². The van der Waals surface area contributed by atoms with E-state index < -0.39 is 0 Å². The van der Waals surface area contributed by atoms with Crippen molar-refractivity contribution in [2.45, 2.75) is 58.4 Å². The summed E-state index contributed by atoms with van der Waals surface area (Å²) in [7, 11) is 0. The molecule has 25 heavy (non-hydrogen) atoms. The summed E-state index contributed by atoms with van der Waals surface area (Å²) in [6, 6.07) is 10.3. The van der Waals surface area contributed by atoms with Gasteiger partial charge in [-0.25, -0.2) is 0 Å². The van der Waals surface area contributed by atoms with E-state index in [4.69, 9.17) is 0 Å². The van der Waals surface area contributed by atoms with Crippen LogP contribution in [0.15, 0.2) is 30.3 Å². The topological polar surface area (TPSA) is 46.2 Å². The van der Waals surface area contributed by atoms with Crippen LogP contribution >= 0.6 is 11.3 Å². The zero-order valence-corrected chi connectivity index (χ0v) is 15.7. The molecule has 0 bridgehead atoms. The second-order valence-electron chi connectivity index (χ2n) is 6.86. The van der Waals surface area contributed by atoms with Crippen LogP contribution in [-0.2, 0) is 17.6 Å². The van der Waals surface area contributed by atoms with E-state index in [0.717, 1.165) is 21.7 Å². The summed E-state index contributed by atoms with van der Waals surface area (Å²) in [4.78, 5) is 26.2. The summed E-state index contributed by atoms with van der Waals surface area (Å²) in [5.41, 5.74) is 4.02. The molecule has 1 aromatic carbocycles. The molecule has 3 rings (SSSR count).